The van der Waals surface area contributed by atoms with Crippen molar-refractivity contribution in [1.82, 2.24) is 20.1 Å². The van der Waals surface area contributed by atoms with Gasteiger partial charge in [0.15, 0.2) is 0 Å². The van der Waals surface area contributed by atoms with E-state index >= 15 is 0 Å². The minimum Gasteiger partial charge on any atom is -0.376 e. The maximum absolute atomic E-state index is 12.5. The second-order valence-corrected chi connectivity index (χ2v) is 8.92. The fourth-order valence-corrected chi connectivity index (χ4v) is 5.02. The van der Waals surface area contributed by atoms with Crippen LogP contribution in [-0.2, 0) is 32.4 Å². The van der Waals surface area contributed by atoms with Crippen LogP contribution in [-0.4, -0.2) is 51.6 Å². The number of fused-ring (bicyclic) bond motifs is 1. The van der Waals surface area contributed by atoms with Crippen molar-refractivity contribution in [3.8, 4) is 0 Å². The van der Waals surface area contributed by atoms with E-state index in [4.69, 9.17) is 4.74 Å². The van der Waals surface area contributed by atoms with Gasteiger partial charge in [0, 0.05) is 47.5 Å². The Bertz CT molecular complexity index is 868. The molecule has 29 heavy (non-hydrogen) atoms. The summed E-state index contributed by atoms with van der Waals surface area (Å²) >= 11 is 3.20. The average Bonchev–Trinajstić information content (AvgIpc) is 3.46. The molecule has 0 aromatic carbocycles. The van der Waals surface area contributed by atoms with Crippen LogP contribution in [0.25, 0.3) is 0 Å². The number of hydrogen-bond acceptors (Lipinski definition) is 7. The second kappa shape index (κ2) is 9.64. The Morgan fingerprint density at radius 3 is 2.93 bits per heavy atom. The maximum Gasteiger partial charge on any atom is 0.241 e. The van der Waals surface area contributed by atoms with E-state index in [0.717, 1.165) is 47.1 Å². The lowest BCUT2D eigenvalue weighted by Gasteiger charge is -2.13. The summed E-state index contributed by atoms with van der Waals surface area (Å²) in [5, 5.41) is 10.4. The van der Waals surface area contributed by atoms with Crippen LogP contribution in [0, 0.1) is 0 Å². The molecule has 0 radical (unpaired) electrons. The van der Waals surface area contributed by atoms with E-state index in [1.165, 1.54) is 11.8 Å². The van der Waals surface area contributed by atoms with Gasteiger partial charge in [-0.15, -0.1) is 11.8 Å². The van der Waals surface area contributed by atoms with Crippen LogP contribution in [0.4, 0.5) is 5.82 Å². The predicted octanol–water partition coefficient (Wildman–Crippen LogP) is 2.05. The smallest absolute Gasteiger partial charge is 0.241 e. The first-order valence-corrected chi connectivity index (χ1v) is 11.7. The van der Waals surface area contributed by atoms with Gasteiger partial charge in [-0.3, -0.25) is 14.6 Å². The number of carbonyl (C=O) groups is 2. The Balaban J connectivity index is 1.36. The molecule has 0 saturated carbocycles. The van der Waals surface area contributed by atoms with Crippen LogP contribution < -0.4 is 10.6 Å². The van der Waals surface area contributed by atoms with E-state index in [2.05, 4.69) is 20.7 Å². The van der Waals surface area contributed by atoms with Crippen LogP contribution in [0.1, 0.15) is 24.1 Å². The Hall–Kier alpha value is -2.04. The van der Waals surface area contributed by atoms with Gasteiger partial charge in [0.25, 0.3) is 0 Å². The molecule has 0 aliphatic carbocycles. The van der Waals surface area contributed by atoms with Crippen LogP contribution in [0.15, 0.2) is 29.4 Å². The molecule has 4 heterocycles. The number of carbonyl (C=O) groups excluding carboxylic acids is 2. The summed E-state index contributed by atoms with van der Waals surface area (Å²) in [4.78, 5) is 29.9. The van der Waals surface area contributed by atoms with Gasteiger partial charge >= 0.3 is 0 Å². The second-order valence-electron chi connectivity index (χ2n) is 6.88. The van der Waals surface area contributed by atoms with Crippen molar-refractivity contribution < 1.29 is 14.3 Å². The third-order valence-electron chi connectivity index (χ3n) is 4.74. The van der Waals surface area contributed by atoms with Crippen LogP contribution in [0.3, 0.4) is 0 Å². The molecule has 1 fully saturated rings. The highest BCUT2D eigenvalue weighted by Crippen LogP contribution is 2.34. The molecular weight excluding hydrogens is 410 g/mol. The van der Waals surface area contributed by atoms with E-state index < -0.39 is 0 Å². The van der Waals surface area contributed by atoms with Gasteiger partial charge in [0.1, 0.15) is 12.4 Å². The molecule has 2 aromatic heterocycles. The molecule has 1 saturated heterocycles. The number of nitrogens with zero attached hydrogens (tertiary/aromatic N) is 3. The third kappa shape index (κ3) is 5.31. The lowest BCUT2D eigenvalue weighted by Crippen LogP contribution is -2.34. The van der Waals surface area contributed by atoms with Crippen molar-refractivity contribution in [2.75, 3.05) is 24.2 Å². The fraction of sp³-hybridized carbons (Fsp3) is 0.474. The topological polar surface area (TPSA) is 98.1 Å². The number of amides is 2. The predicted molar refractivity (Wildman–Crippen MR) is 113 cm³/mol. The average molecular weight is 434 g/mol. The molecule has 154 valence electrons. The molecule has 1 atom stereocenters. The minimum atomic E-state index is -0.129. The Morgan fingerprint density at radius 2 is 2.14 bits per heavy atom. The standard InChI is InChI=1S/C19H23N5O3S2/c25-17(21-8-13-2-1-7-27-13)9-24-19(15-10-28-11-16(15)23-24)22-18(26)12-29-14-3-5-20-6-4-14/h3-6,13H,1-2,7-12H2,(H,21,25)(H,22,26). The van der Waals surface area contributed by atoms with Crippen LogP contribution in [0.2, 0.25) is 0 Å². The number of ether oxygens (including phenoxy) is 1. The van der Waals surface area contributed by atoms with E-state index in [9.17, 15) is 9.59 Å². The summed E-state index contributed by atoms with van der Waals surface area (Å²) in [6.45, 7) is 1.36. The number of aromatic nitrogens is 3. The van der Waals surface area contributed by atoms with Gasteiger partial charge in [-0.05, 0) is 25.0 Å². The number of pyridine rings is 1. The molecule has 2 aliphatic rings. The zero-order valence-corrected chi connectivity index (χ0v) is 17.6. The maximum atomic E-state index is 12.5. The molecule has 2 N–H and O–H groups in total. The third-order valence-corrected chi connectivity index (χ3v) is 6.72. The molecule has 4 rings (SSSR count). The Morgan fingerprint density at radius 1 is 1.28 bits per heavy atom. The van der Waals surface area contributed by atoms with Gasteiger partial charge in [-0.2, -0.15) is 16.9 Å². The van der Waals surface area contributed by atoms with Crippen LogP contribution >= 0.6 is 23.5 Å². The molecule has 0 bridgehead atoms. The first-order chi connectivity index (χ1) is 14.2. The van der Waals surface area contributed by atoms with Crippen molar-refractivity contribution in [2.45, 2.75) is 41.9 Å². The molecular formula is C19H23N5O3S2. The molecule has 2 aliphatic heterocycles. The van der Waals surface area contributed by atoms with Crippen LogP contribution in [0.5, 0.6) is 0 Å². The molecule has 2 aromatic rings. The minimum absolute atomic E-state index is 0.0809. The number of anilines is 1. The van der Waals surface area contributed by atoms with Crippen molar-refractivity contribution in [3.63, 3.8) is 0 Å². The summed E-state index contributed by atoms with van der Waals surface area (Å²) in [6, 6.07) is 3.74. The van der Waals surface area contributed by atoms with E-state index in [1.54, 1.807) is 28.8 Å². The molecule has 0 spiro atoms. The fourth-order valence-electron chi connectivity index (χ4n) is 3.30. The van der Waals surface area contributed by atoms with Crippen molar-refractivity contribution in [1.29, 1.82) is 0 Å². The number of nitrogens with one attached hydrogen (secondary N) is 2. The van der Waals surface area contributed by atoms with Crippen molar-refractivity contribution >= 4 is 41.2 Å². The SMILES string of the molecule is O=C(Cn1nc2c(c1NC(=O)CSc1ccncc1)CSC2)NCC1CCCO1. The number of thioether (sulfide) groups is 2. The number of hydrogen-bond donors (Lipinski definition) is 2. The van der Waals surface area contributed by atoms with Gasteiger partial charge in [0.05, 0.1) is 17.6 Å². The van der Waals surface area contributed by atoms with Gasteiger partial charge < -0.3 is 15.4 Å². The van der Waals surface area contributed by atoms with E-state index in [0.29, 0.717) is 12.4 Å². The van der Waals surface area contributed by atoms with Gasteiger partial charge in [-0.1, -0.05) is 0 Å². The van der Waals surface area contributed by atoms with E-state index in [1.807, 2.05) is 12.1 Å². The van der Waals surface area contributed by atoms with E-state index in [-0.39, 0.29) is 30.2 Å². The first-order valence-electron chi connectivity index (χ1n) is 9.56. The number of rotatable bonds is 8. The Kier molecular flexibility index (Phi) is 6.73. The lowest BCUT2D eigenvalue weighted by atomic mass is 10.2. The molecule has 8 nitrogen and oxygen atoms in total. The normalized spacial score (nSPS) is 17.9. The highest BCUT2D eigenvalue weighted by atomic mass is 32.2. The monoisotopic (exact) mass is 433 g/mol. The highest BCUT2D eigenvalue weighted by molar-refractivity contribution is 8.00. The summed E-state index contributed by atoms with van der Waals surface area (Å²) in [7, 11) is 0. The summed E-state index contributed by atoms with van der Waals surface area (Å²) in [6.07, 6.45) is 5.52. The molecule has 1 unspecified atom stereocenters. The van der Waals surface area contributed by atoms with Crippen molar-refractivity contribution in [3.05, 3.63) is 35.8 Å². The van der Waals surface area contributed by atoms with Crippen molar-refractivity contribution in [2.24, 2.45) is 0 Å². The first kappa shape index (κ1) is 20.2. The lowest BCUT2D eigenvalue weighted by molar-refractivity contribution is -0.122. The Labute approximate surface area is 177 Å². The van der Waals surface area contributed by atoms with Gasteiger partial charge in [-0.25, -0.2) is 4.68 Å². The quantitative estimate of drug-likeness (QED) is 0.615. The zero-order chi connectivity index (χ0) is 20.1. The summed E-state index contributed by atoms with van der Waals surface area (Å²) in [5.74, 6) is 2.26. The summed E-state index contributed by atoms with van der Waals surface area (Å²) in [5.41, 5.74) is 1.96. The summed E-state index contributed by atoms with van der Waals surface area (Å²) < 4.78 is 7.16. The largest absolute Gasteiger partial charge is 0.376 e. The highest BCUT2D eigenvalue weighted by Gasteiger charge is 2.25. The van der Waals surface area contributed by atoms with Gasteiger partial charge in [0.2, 0.25) is 11.8 Å². The molecule has 10 heteroatoms. The zero-order valence-electron chi connectivity index (χ0n) is 15.9. The molecule has 2 amide bonds.